The molecule has 2 N–H and O–H groups in total. The maximum absolute atomic E-state index is 5.75. The summed E-state index contributed by atoms with van der Waals surface area (Å²) >= 11 is 0. The number of hydrogen-bond donors (Lipinski definition) is 1. The molecule has 1 fully saturated rings. The number of aryl methyl sites for hydroxylation is 2. The fourth-order valence-corrected chi connectivity index (χ4v) is 2.72. The predicted octanol–water partition coefficient (Wildman–Crippen LogP) is 1.44. The Labute approximate surface area is 112 Å². The Balaban J connectivity index is 1.94. The SMILES string of the molecule is Cc1cc(N2CCCC2c2cnn(C)c2)nc(N)n1. The van der Waals surface area contributed by atoms with E-state index in [1.54, 1.807) is 0 Å². The highest BCUT2D eigenvalue weighted by Gasteiger charge is 2.28. The van der Waals surface area contributed by atoms with Gasteiger partial charge in [0.15, 0.2) is 0 Å². The van der Waals surface area contributed by atoms with Crippen molar-refractivity contribution in [3.8, 4) is 0 Å². The van der Waals surface area contributed by atoms with Crippen LogP contribution in [0.1, 0.15) is 30.1 Å². The normalized spacial score (nSPS) is 19.1. The molecule has 3 heterocycles. The van der Waals surface area contributed by atoms with Gasteiger partial charge in [-0.2, -0.15) is 10.1 Å². The van der Waals surface area contributed by atoms with Gasteiger partial charge in [-0.1, -0.05) is 0 Å². The number of nitrogens with two attached hydrogens (primary N) is 1. The summed E-state index contributed by atoms with van der Waals surface area (Å²) in [6.45, 7) is 2.94. The first-order valence-electron chi connectivity index (χ1n) is 6.50. The van der Waals surface area contributed by atoms with Gasteiger partial charge in [-0.3, -0.25) is 4.68 Å². The van der Waals surface area contributed by atoms with Gasteiger partial charge in [0.2, 0.25) is 5.95 Å². The lowest BCUT2D eigenvalue weighted by atomic mass is 10.1. The number of hydrogen-bond acceptors (Lipinski definition) is 5. The molecule has 6 heteroatoms. The molecule has 0 spiro atoms. The Morgan fingerprint density at radius 1 is 1.37 bits per heavy atom. The molecule has 0 aromatic carbocycles. The minimum absolute atomic E-state index is 0.336. The second kappa shape index (κ2) is 4.53. The van der Waals surface area contributed by atoms with Crippen LogP contribution in [0, 0.1) is 6.92 Å². The van der Waals surface area contributed by atoms with Crippen molar-refractivity contribution < 1.29 is 0 Å². The average molecular weight is 258 g/mol. The standard InChI is InChI=1S/C13H18N6/c1-9-6-12(17-13(14)16-9)19-5-3-4-11(19)10-7-15-18(2)8-10/h6-8,11H,3-5H2,1-2H3,(H2,14,16,17). The van der Waals surface area contributed by atoms with Crippen LogP contribution in [0.4, 0.5) is 11.8 Å². The highest BCUT2D eigenvalue weighted by molar-refractivity contribution is 5.47. The Bertz CT molecular complexity index is 570. The zero-order chi connectivity index (χ0) is 13.4. The van der Waals surface area contributed by atoms with Crippen molar-refractivity contribution in [2.75, 3.05) is 17.2 Å². The molecule has 1 aliphatic rings. The highest BCUT2D eigenvalue weighted by Crippen LogP contribution is 2.35. The minimum Gasteiger partial charge on any atom is -0.368 e. The number of anilines is 2. The van der Waals surface area contributed by atoms with E-state index in [9.17, 15) is 0 Å². The van der Waals surface area contributed by atoms with Crippen LogP contribution >= 0.6 is 0 Å². The molecule has 100 valence electrons. The van der Waals surface area contributed by atoms with Gasteiger partial charge in [0.1, 0.15) is 5.82 Å². The molecule has 0 saturated carbocycles. The molecule has 1 aliphatic heterocycles. The molecule has 3 rings (SSSR count). The van der Waals surface area contributed by atoms with Crippen molar-refractivity contribution in [3.63, 3.8) is 0 Å². The lowest BCUT2D eigenvalue weighted by Gasteiger charge is -2.25. The van der Waals surface area contributed by atoms with E-state index >= 15 is 0 Å². The van der Waals surface area contributed by atoms with E-state index < -0.39 is 0 Å². The number of rotatable bonds is 2. The van der Waals surface area contributed by atoms with Crippen molar-refractivity contribution >= 4 is 11.8 Å². The Kier molecular flexibility index (Phi) is 2.85. The Morgan fingerprint density at radius 2 is 2.21 bits per heavy atom. The van der Waals surface area contributed by atoms with E-state index in [1.165, 1.54) is 5.56 Å². The quantitative estimate of drug-likeness (QED) is 0.882. The van der Waals surface area contributed by atoms with Gasteiger partial charge in [0.05, 0.1) is 12.2 Å². The summed E-state index contributed by atoms with van der Waals surface area (Å²) in [4.78, 5) is 10.8. The summed E-state index contributed by atoms with van der Waals surface area (Å²) in [5, 5.41) is 4.26. The second-order valence-corrected chi connectivity index (χ2v) is 5.02. The van der Waals surface area contributed by atoms with E-state index in [-0.39, 0.29) is 0 Å². The summed E-state index contributed by atoms with van der Waals surface area (Å²) in [6.07, 6.45) is 6.28. The summed E-state index contributed by atoms with van der Waals surface area (Å²) in [7, 11) is 1.94. The molecule has 1 unspecified atom stereocenters. The molecule has 0 bridgehead atoms. The van der Waals surface area contributed by atoms with Gasteiger partial charge in [-0.05, 0) is 19.8 Å². The summed E-state index contributed by atoms with van der Waals surface area (Å²) in [6, 6.07) is 2.33. The van der Waals surface area contributed by atoms with Crippen molar-refractivity contribution in [2.45, 2.75) is 25.8 Å². The minimum atomic E-state index is 0.336. The van der Waals surface area contributed by atoms with Gasteiger partial charge in [0.25, 0.3) is 0 Å². The number of nitrogen functional groups attached to an aromatic ring is 1. The Hall–Kier alpha value is -2.11. The number of nitrogens with zero attached hydrogens (tertiary/aromatic N) is 5. The smallest absolute Gasteiger partial charge is 0.222 e. The van der Waals surface area contributed by atoms with Crippen molar-refractivity contribution in [1.29, 1.82) is 0 Å². The number of aromatic nitrogens is 4. The molecule has 2 aromatic rings. The molecule has 2 aromatic heterocycles. The van der Waals surface area contributed by atoms with E-state index in [2.05, 4.69) is 26.2 Å². The largest absolute Gasteiger partial charge is 0.368 e. The fourth-order valence-electron chi connectivity index (χ4n) is 2.72. The molecule has 0 radical (unpaired) electrons. The molecule has 0 amide bonds. The summed E-state index contributed by atoms with van der Waals surface area (Å²) < 4.78 is 1.84. The highest BCUT2D eigenvalue weighted by atomic mass is 15.3. The van der Waals surface area contributed by atoms with Crippen LogP contribution in [-0.2, 0) is 7.05 Å². The topological polar surface area (TPSA) is 72.9 Å². The lowest BCUT2D eigenvalue weighted by molar-refractivity contribution is 0.707. The maximum atomic E-state index is 5.75. The molecular formula is C13H18N6. The van der Waals surface area contributed by atoms with Gasteiger partial charge < -0.3 is 10.6 Å². The Morgan fingerprint density at radius 3 is 2.89 bits per heavy atom. The monoisotopic (exact) mass is 258 g/mol. The van der Waals surface area contributed by atoms with E-state index in [1.807, 2.05) is 30.9 Å². The van der Waals surface area contributed by atoms with Crippen LogP contribution in [0.15, 0.2) is 18.5 Å². The maximum Gasteiger partial charge on any atom is 0.222 e. The third-order valence-electron chi connectivity index (χ3n) is 3.51. The molecular weight excluding hydrogens is 240 g/mol. The van der Waals surface area contributed by atoms with Crippen molar-refractivity contribution in [1.82, 2.24) is 19.7 Å². The van der Waals surface area contributed by atoms with Crippen LogP contribution in [0.5, 0.6) is 0 Å². The van der Waals surface area contributed by atoms with E-state index in [4.69, 9.17) is 5.73 Å². The third-order valence-corrected chi connectivity index (χ3v) is 3.51. The van der Waals surface area contributed by atoms with Crippen LogP contribution in [0.3, 0.4) is 0 Å². The molecule has 0 aliphatic carbocycles. The molecule has 1 atom stereocenters. The molecule has 19 heavy (non-hydrogen) atoms. The fraction of sp³-hybridized carbons (Fsp3) is 0.462. The molecule has 1 saturated heterocycles. The molecule has 6 nitrogen and oxygen atoms in total. The second-order valence-electron chi connectivity index (χ2n) is 5.02. The average Bonchev–Trinajstić information content (AvgIpc) is 2.95. The summed E-state index contributed by atoms with van der Waals surface area (Å²) in [5.74, 6) is 1.25. The third kappa shape index (κ3) is 2.25. The van der Waals surface area contributed by atoms with Crippen molar-refractivity contribution in [3.05, 3.63) is 29.7 Å². The van der Waals surface area contributed by atoms with Gasteiger partial charge >= 0.3 is 0 Å². The van der Waals surface area contributed by atoms with Crippen molar-refractivity contribution in [2.24, 2.45) is 7.05 Å². The van der Waals surface area contributed by atoms with E-state index in [0.717, 1.165) is 30.9 Å². The lowest BCUT2D eigenvalue weighted by Crippen LogP contribution is -2.24. The van der Waals surface area contributed by atoms with Crippen LogP contribution in [0.25, 0.3) is 0 Å². The zero-order valence-electron chi connectivity index (χ0n) is 11.2. The van der Waals surface area contributed by atoms with Gasteiger partial charge in [-0.25, -0.2) is 4.98 Å². The van der Waals surface area contributed by atoms with Gasteiger partial charge in [-0.15, -0.1) is 0 Å². The first-order chi connectivity index (χ1) is 9.13. The van der Waals surface area contributed by atoms with Gasteiger partial charge in [0, 0.05) is 37.1 Å². The van der Waals surface area contributed by atoms with Crippen LogP contribution in [0.2, 0.25) is 0 Å². The summed E-state index contributed by atoms with van der Waals surface area (Å²) in [5.41, 5.74) is 7.88. The first-order valence-corrected chi connectivity index (χ1v) is 6.50. The van der Waals surface area contributed by atoms with Crippen LogP contribution < -0.4 is 10.6 Å². The van der Waals surface area contributed by atoms with Crippen LogP contribution in [-0.4, -0.2) is 26.3 Å². The van der Waals surface area contributed by atoms with E-state index in [0.29, 0.717) is 12.0 Å². The first kappa shape index (κ1) is 12.0. The predicted molar refractivity (Wildman–Crippen MR) is 73.7 cm³/mol. The zero-order valence-corrected chi connectivity index (χ0v) is 11.2.